The van der Waals surface area contributed by atoms with Gasteiger partial charge in [-0.25, -0.2) is 0 Å². The molecule has 0 bridgehead atoms. The first-order chi connectivity index (χ1) is 7.65. The predicted molar refractivity (Wildman–Crippen MR) is 65.9 cm³/mol. The standard InChI is InChI=1S/C13H21NO2/c1-4-15-12-7-5-6-8-13(12)16-9-11(14)10(2)3/h5-8,10-11H,4,9,14H2,1-3H3. The molecule has 0 amide bonds. The quantitative estimate of drug-likeness (QED) is 0.805. The summed E-state index contributed by atoms with van der Waals surface area (Å²) in [7, 11) is 0. The van der Waals surface area contributed by atoms with Crippen LogP contribution >= 0.6 is 0 Å². The van der Waals surface area contributed by atoms with Gasteiger partial charge in [0.1, 0.15) is 6.61 Å². The van der Waals surface area contributed by atoms with Crippen molar-refractivity contribution in [3.63, 3.8) is 0 Å². The summed E-state index contributed by atoms with van der Waals surface area (Å²) in [6, 6.07) is 7.71. The minimum Gasteiger partial charge on any atom is -0.490 e. The van der Waals surface area contributed by atoms with E-state index >= 15 is 0 Å². The van der Waals surface area contributed by atoms with E-state index in [4.69, 9.17) is 15.2 Å². The van der Waals surface area contributed by atoms with Gasteiger partial charge in [-0.05, 0) is 25.0 Å². The number of nitrogens with two attached hydrogens (primary N) is 1. The van der Waals surface area contributed by atoms with Crippen molar-refractivity contribution < 1.29 is 9.47 Å². The highest BCUT2D eigenvalue weighted by atomic mass is 16.5. The Morgan fingerprint density at radius 3 is 2.19 bits per heavy atom. The van der Waals surface area contributed by atoms with E-state index in [1.807, 2.05) is 31.2 Å². The van der Waals surface area contributed by atoms with Crippen molar-refractivity contribution in [2.75, 3.05) is 13.2 Å². The van der Waals surface area contributed by atoms with Gasteiger partial charge in [-0.2, -0.15) is 0 Å². The van der Waals surface area contributed by atoms with Gasteiger partial charge in [0.25, 0.3) is 0 Å². The second-order valence-electron chi connectivity index (χ2n) is 4.10. The molecule has 0 spiro atoms. The van der Waals surface area contributed by atoms with E-state index in [9.17, 15) is 0 Å². The Hall–Kier alpha value is -1.22. The summed E-state index contributed by atoms with van der Waals surface area (Å²) >= 11 is 0. The fraction of sp³-hybridized carbons (Fsp3) is 0.538. The van der Waals surface area contributed by atoms with E-state index in [0.29, 0.717) is 19.1 Å². The average molecular weight is 223 g/mol. The molecule has 1 atom stereocenters. The summed E-state index contributed by atoms with van der Waals surface area (Å²) in [4.78, 5) is 0. The number of hydrogen-bond donors (Lipinski definition) is 1. The molecule has 0 aliphatic carbocycles. The van der Waals surface area contributed by atoms with Gasteiger partial charge in [-0.3, -0.25) is 0 Å². The van der Waals surface area contributed by atoms with E-state index < -0.39 is 0 Å². The van der Waals surface area contributed by atoms with Crippen LogP contribution in [0.3, 0.4) is 0 Å². The third kappa shape index (κ3) is 3.74. The Bertz CT molecular complexity index is 313. The maximum Gasteiger partial charge on any atom is 0.161 e. The molecule has 2 N–H and O–H groups in total. The van der Waals surface area contributed by atoms with Crippen LogP contribution in [-0.2, 0) is 0 Å². The van der Waals surface area contributed by atoms with Crippen molar-refractivity contribution >= 4 is 0 Å². The fourth-order valence-electron chi connectivity index (χ4n) is 1.22. The minimum atomic E-state index is 0.0506. The van der Waals surface area contributed by atoms with Crippen molar-refractivity contribution in [1.82, 2.24) is 0 Å². The van der Waals surface area contributed by atoms with Crippen molar-refractivity contribution in [3.8, 4) is 11.5 Å². The molecular formula is C13H21NO2. The molecule has 1 rings (SSSR count). The number of hydrogen-bond acceptors (Lipinski definition) is 3. The molecule has 1 unspecified atom stereocenters. The molecular weight excluding hydrogens is 202 g/mol. The highest BCUT2D eigenvalue weighted by Crippen LogP contribution is 2.26. The fourth-order valence-corrected chi connectivity index (χ4v) is 1.22. The number of benzene rings is 1. The van der Waals surface area contributed by atoms with Gasteiger partial charge >= 0.3 is 0 Å². The molecule has 0 heterocycles. The molecule has 0 aromatic heterocycles. The zero-order valence-corrected chi connectivity index (χ0v) is 10.3. The van der Waals surface area contributed by atoms with E-state index in [2.05, 4.69) is 13.8 Å². The number of rotatable bonds is 6. The van der Waals surface area contributed by atoms with Gasteiger partial charge in [0.2, 0.25) is 0 Å². The third-order valence-electron chi connectivity index (χ3n) is 2.44. The molecule has 0 saturated heterocycles. The molecule has 0 aliphatic heterocycles. The molecule has 16 heavy (non-hydrogen) atoms. The molecule has 0 fully saturated rings. The third-order valence-corrected chi connectivity index (χ3v) is 2.44. The molecule has 0 saturated carbocycles. The molecule has 1 aromatic rings. The molecule has 0 radical (unpaired) electrons. The topological polar surface area (TPSA) is 44.5 Å². The SMILES string of the molecule is CCOc1ccccc1OCC(N)C(C)C. The molecule has 1 aromatic carbocycles. The Kier molecular flexibility index (Phi) is 5.12. The minimum absolute atomic E-state index is 0.0506. The largest absolute Gasteiger partial charge is 0.490 e. The van der Waals surface area contributed by atoms with Gasteiger partial charge in [-0.1, -0.05) is 26.0 Å². The molecule has 3 heteroatoms. The zero-order valence-electron chi connectivity index (χ0n) is 10.3. The van der Waals surface area contributed by atoms with Crippen LogP contribution in [0, 0.1) is 5.92 Å². The highest BCUT2D eigenvalue weighted by molar-refractivity contribution is 5.39. The Balaban J connectivity index is 2.58. The molecule has 90 valence electrons. The predicted octanol–water partition coefficient (Wildman–Crippen LogP) is 2.45. The Labute approximate surface area is 97.6 Å². The van der Waals surface area contributed by atoms with E-state index in [1.54, 1.807) is 0 Å². The number of ether oxygens (including phenoxy) is 2. The first kappa shape index (κ1) is 12.8. The van der Waals surface area contributed by atoms with Crippen LogP contribution in [0.4, 0.5) is 0 Å². The smallest absolute Gasteiger partial charge is 0.161 e. The monoisotopic (exact) mass is 223 g/mol. The lowest BCUT2D eigenvalue weighted by Crippen LogP contribution is -2.33. The summed E-state index contributed by atoms with van der Waals surface area (Å²) in [5.74, 6) is 1.96. The van der Waals surface area contributed by atoms with Gasteiger partial charge < -0.3 is 15.2 Å². The first-order valence-corrected chi connectivity index (χ1v) is 5.75. The lowest BCUT2D eigenvalue weighted by molar-refractivity contribution is 0.241. The summed E-state index contributed by atoms with van der Waals surface area (Å²) in [6.07, 6.45) is 0. The van der Waals surface area contributed by atoms with Crippen LogP contribution in [-0.4, -0.2) is 19.3 Å². The Morgan fingerprint density at radius 2 is 1.69 bits per heavy atom. The van der Waals surface area contributed by atoms with Gasteiger partial charge in [0, 0.05) is 6.04 Å². The lowest BCUT2D eigenvalue weighted by atomic mass is 10.1. The maximum atomic E-state index is 5.92. The van der Waals surface area contributed by atoms with Crippen LogP contribution in [0.1, 0.15) is 20.8 Å². The van der Waals surface area contributed by atoms with E-state index in [-0.39, 0.29) is 6.04 Å². The van der Waals surface area contributed by atoms with Crippen molar-refractivity contribution in [1.29, 1.82) is 0 Å². The van der Waals surface area contributed by atoms with E-state index in [1.165, 1.54) is 0 Å². The first-order valence-electron chi connectivity index (χ1n) is 5.75. The van der Waals surface area contributed by atoms with Crippen molar-refractivity contribution in [3.05, 3.63) is 24.3 Å². The summed E-state index contributed by atoms with van der Waals surface area (Å²) < 4.78 is 11.1. The second kappa shape index (κ2) is 6.38. The lowest BCUT2D eigenvalue weighted by Gasteiger charge is -2.17. The van der Waals surface area contributed by atoms with Crippen LogP contribution in [0.15, 0.2) is 24.3 Å². The maximum absolute atomic E-state index is 5.92. The van der Waals surface area contributed by atoms with Crippen molar-refractivity contribution in [2.24, 2.45) is 11.7 Å². The normalized spacial score (nSPS) is 12.6. The van der Waals surface area contributed by atoms with Crippen LogP contribution in [0.5, 0.6) is 11.5 Å². The van der Waals surface area contributed by atoms with Crippen LogP contribution < -0.4 is 15.2 Å². The van der Waals surface area contributed by atoms with Crippen LogP contribution in [0.25, 0.3) is 0 Å². The summed E-state index contributed by atoms with van der Waals surface area (Å²) in [6.45, 7) is 7.28. The van der Waals surface area contributed by atoms with Gasteiger partial charge in [0.05, 0.1) is 6.61 Å². The molecule has 3 nitrogen and oxygen atoms in total. The number of para-hydroxylation sites is 2. The Morgan fingerprint density at radius 1 is 1.12 bits per heavy atom. The van der Waals surface area contributed by atoms with E-state index in [0.717, 1.165) is 11.5 Å². The summed E-state index contributed by atoms with van der Waals surface area (Å²) in [5.41, 5.74) is 5.92. The zero-order chi connectivity index (χ0) is 12.0. The van der Waals surface area contributed by atoms with Crippen molar-refractivity contribution in [2.45, 2.75) is 26.8 Å². The summed E-state index contributed by atoms with van der Waals surface area (Å²) in [5, 5.41) is 0. The second-order valence-corrected chi connectivity index (χ2v) is 4.10. The highest BCUT2D eigenvalue weighted by Gasteiger charge is 2.10. The molecule has 0 aliphatic rings. The van der Waals surface area contributed by atoms with Gasteiger partial charge in [-0.15, -0.1) is 0 Å². The average Bonchev–Trinajstić information content (AvgIpc) is 2.27. The van der Waals surface area contributed by atoms with Gasteiger partial charge in [0.15, 0.2) is 11.5 Å². The van der Waals surface area contributed by atoms with Crippen LogP contribution in [0.2, 0.25) is 0 Å².